The van der Waals surface area contributed by atoms with E-state index in [0.717, 1.165) is 5.69 Å². The molecule has 0 bridgehead atoms. The molecule has 132 valence electrons. The van der Waals surface area contributed by atoms with Gasteiger partial charge in [-0.3, -0.25) is 9.59 Å². The smallest absolute Gasteiger partial charge is 0.321 e. The van der Waals surface area contributed by atoms with Crippen molar-refractivity contribution in [2.24, 2.45) is 0 Å². The highest BCUT2D eigenvalue weighted by atomic mass is 16.7. The van der Waals surface area contributed by atoms with E-state index in [2.05, 4.69) is 5.32 Å². The number of aliphatic carboxylic acids is 1. The fraction of sp³-hybridized carbons (Fsp3) is 0.556. The molecular formula is C18H25NO5. The fourth-order valence-corrected chi connectivity index (χ4v) is 3.05. The summed E-state index contributed by atoms with van der Waals surface area (Å²) in [5, 5.41) is 12.8. The molecule has 6 heteroatoms. The highest BCUT2D eigenvalue weighted by molar-refractivity contribution is 6.08. The first-order chi connectivity index (χ1) is 11.2. The number of carboxylic acids is 1. The van der Waals surface area contributed by atoms with Crippen molar-refractivity contribution in [3.63, 3.8) is 0 Å². The lowest BCUT2D eigenvalue weighted by atomic mass is 9.75. The van der Waals surface area contributed by atoms with Crippen molar-refractivity contribution in [1.29, 1.82) is 0 Å². The number of rotatable bonds is 7. The highest BCUT2D eigenvalue weighted by Gasteiger charge is 2.43. The molecule has 2 rings (SSSR count). The topological polar surface area (TPSA) is 84.9 Å². The second-order valence-electron chi connectivity index (χ2n) is 6.53. The number of hydrogen-bond acceptors (Lipinski definition) is 5. The fourth-order valence-electron chi connectivity index (χ4n) is 3.05. The van der Waals surface area contributed by atoms with E-state index in [0.29, 0.717) is 18.7 Å². The van der Waals surface area contributed by atoms with Crippen molar-refractivity contribution in [1.82, 2.24) is 0 Å². The number of nitrogens with one attached hydrogen (secondary N) is 1. The molecule has 1 saturated heterocycles. The quantitative estimate of drug-likeness (QED) is 0.745. The Kier molecular flexibility index (Phi) is 5.30. The first-order valence-electron chi connectivity index (χ1n) is 8.12. The number of benzene rings is 1. The molecule has 0 aromatic heterocycles. The molecular weight excluding hydrogens is 310 g/mol. The van der Waals surface area contributed by atoms with E-state index in [-0.39, 0.29) is 18.3 Å². The molecule has 1 aliphatic rings. The molecule has 1 fully saturated rings. The molecule has 2 unspecified atom stereocenters. The third-order valence-electron chi connectivity index (χ3n) is 4.48. The molecule has 0 saturated carbocycles. The Morgan fingerprint density at radius 1 is 1.33 bits per heavy atom. The minimum atomic E-state index is -1.48. The minimum Gasteiger partial charge on any atom is -0.480 e. The Labute approximate surface area is 142 Å². The van der Waals surface area contributed by atoms with Crippen molar-refractivity contribution in [2.75, 3.05) is 18.5 Å². The van der Waals surface area contributed by atoms with E-state index in [1.54, 1.807) is 31.2 Å². The van der Waals surface area contributed by atoms with Crippen LogP contribution < -0.4 is 5.32 Å². The van der Waals surface area contributed by atoms with Crippen molar-refractivity contribution in [2.45, 2.75) is 51.4 Å². The molecule has 0 radical (unpaired) electrons. The molecule has 0 spiro atoms. The van der Waals surface area contributed by atoms with Gasteiger partial charge in [-0.1, -0.05) is 19.1 Å². The second kappa shape index (κ2) is 6.91. The number of carbonyl (C=O) groups excluding carboxylic acids is 1. The van der Waals surface area contributed by atoms with Crippen molar-refractivity contribution in [3.05, 3.63) is 29.8 Å². The van der Waals surface area contributed by atoms with Gasteiger partial charge in [0.05, 0.1) is 6.61 Å². The van der Waals surface area contributed by atoms with Crippen LogP contribution in [-0.4, -0.2) is 41.9 Å². The van der Waals surface area contributed by atoms with E-state index >= 15 is 0 Å². The van der Waals surface area contributed by atoms with Crippen LogP contribution in [0.1, 0.15) is 39.7 Å². The molecule has 1 aliphatic heterocycles. The Morgan fingerprint density at radius 2 is 1.96 bits per heavy atom. The van der Waals surface area contributed by atoms with Crippen LogP contribution in [0.3, 0.4) is 0 Å². The summed E-state index contributed by atoms with van der Waals surface area (Å²) in [6.45, 7) is 7.90. The van der Waals surface area contributed by atoms with Crippen LogP contribution in [0, 0.1) is 0 Å². The average Bonchev–Trinajstić information content (AvgIpc) is 2.86. The molecule has 2 atom stereocenters. The molecule has 1 heterocycles. The van der Waals surface area contributed by atoms with E-state index in [9.17, 15) is 14.7 Å². The summed E-state index contributed by atoms with van der Waals surface area (Å²) >= 11 is 0. The summed E-state index contributed by atoms with van der Waals surface area (Å²) in [5.74, 6) is -2.03. The number of ether oxygens (including phenoxy) is 2. The molecule has 2 N–H and O–H groups in total. The molecule has 0 amide bonds. The number of carbonyl (C=O) groups is 2. The monoisotopic (exact) mass is 335 g/mol. The Balaban J connectivity index is 2.07. The van der Waals surface area contributed by atoms with Gasteiger partial charge in [0.25, 0.3) is 0 Å². The largest absolute Gasteiger partial charge is 0.480 e. The lowest BCUT2D eigenvalue weighted by Crippen LogP contribution is -2.41. The van der Waals surface area contributed by atoms with Crippen LogP contribution in [0.5, 0.6) is 0 Å². The summed E-state index contributed by atoms with van der Waals surface area (Å²) in [7, 11) is 0. The van der Waals surface area contributed by atoms with Crippen LogP contribution in [-0.2, 0) is 24.5 Å². The van der Waals surface area contributed by atoms with Gasteiger partial charge in [-0.05, 0) is 44.9 Å². The van der Waals surface area contributed by atoms with Crippen LogP contribution in [0.2, 0.25) is 0 Å². The molecule has 1 aromatic rings. The third-order valence-corrected chi connectivity index (χ3v) is 4.48. The van der Waals surface area contributed by atoms with E-state index < -0.39 is 17.2 Å². The minimum absolute atomic E-state index is 0.0364. The molecule has 24 heavy (non-hydrogen) atoms. The zero-order valence-electron chi connectivity index (χ0n) is 14.6. The van der Waals surface area contributed by atoms with Crippen LogP contribution in [0.25, 0.3) is 0 Å². The zero-order chi connectivity index (χ0) is 18.0. The van der Waals surface area contributed by atoms with Gasteiger partial charge in [-0.15, -0.1) is 0 Å². The summed E-state index contributed by atoms with van der Waals surface area (Å²) in [6.07, 6.45) is 0.179. The maximum Gasteiger partial charge on any atom is 0.321 e. The first kappa shape index (κ1) is 18.4. The average molecular weight is 335 g/mol. The summed E-state index contributed by atoms with van der Waals surface area (Å²) in [6, 6.07) is 6.95. The lowest BCUT2D eigenvalue weighted by Gasteiger charge is -2.26. The van der Waals surface area contributed by atoms with Gasteiger partial charge in [0.15, 0.2) is 17.0 Å². The number of anilines is 1. The van der Waals surface area contributed by atoms with Gasteiger partial charge in [0.1, 0.15) is 6.10 Å². The normalized spacial score (nSPS) is 21.9. The van der Waals surface area contributed by atoms with Crippen LogP contribution in [0.4, 0.5) is 5.69 Å². The first-order valence-corrected chi connectivity index (χ1v) is 8.12. The lowest BCUT2D eigenvalue weighted by molar-refractivity contribution is -0.148. The molecule has 0 aliphatic carbocycles. The standard InChI is InChI=1S/C18H25NO5/c1-5-18(12(2)20,16(21)22)13-6-8-14(9-7-13)19-10-15-11-23-17(3,4)24-15/h6-9,15,19H,5,10-11H2,1-4H3,(H,21,22). The zero-order valence-corrected chi connectivity index (χ0v) is 14.6. The number of ketones is 1. The van der Waals surface area contributed by atoms with Gasteiger partial charge in [0, 0.05) is 12.2 Å². The predicted octanol–water partition coefficient (Wildman–Crippen LogP) is 2.57. The molecule has 6 nitrogen and oxygen atoms in total. The van der Waals surface area contributed by atoms with Gasteiger partial charge in [-0.25, -0.2) is 0 Å². The third kappa shape index (κ3) is 3.60. The Bertz CT molecular complexity index is 594. The number of Topliss-reactive ketones (excluding diaryl/α,β-unsaturated/α-hetero) is 1. The summed E-state index contributed by atoms with van der Waals surface area (Å²) in [4.78, 5) is 23.6. The number of hydrogen-bond donors (Lipinski definition) is 2. The predicted molar refractivity (Wildman–Crippen MR) is 90.1 cm³/mol. The Morgan fingerprint density at radius 3 is 2.38 bits per heavy atom. The van der Waals surface area contributed by atoms with E-state index in [4.69, 9.17) is 9.47 Å². The van der Waals surface area contributed by atoms with E-state index in [1.807, 2.05) is 13.8 Å². The van der Waals surface area contributed by atoms with Gasteiger partial charge in [0.2, 0.25) is 0 Å². The van der Waals surface area contributed by atoms with E-state index in [1.165, 1.54) is 6.92 Å². The highest BCUT2D eigenvalue weighted by Crippen LogP contribution is 2.31. The summed E-state index contributed by atoms with van der Waals surface area (Å²) in [5.41, 5.74) is -0.145. The van der Waals surface area contributed by atoms with Crippen LogP contribution >= 0.6 is 0 Å². The maximum absolute atomic E-state index is 12.0. The second-order valence-corrected chi connectivity index (χ2v) is 6.53. The van der Waals surface area contributed by atoms with Gasteiger partial charge >= 0.3 is 5.97 Å². The van der Waals surface area contributed by atoms with Crippen LogP contribution in [0.15, 0.2) is 24.3 Å². The van der Waals surface area contributed by atoms with Crippen molar-refractivity contribution < 1.29 is 24.2 Å². The SMILES string of the molecule is CCC(C(C)=O)(C(=O)O)c1ccc(NCC2COC(C)(C)O2)cc1. The molecule has 1 aromatic carbocycles. The maximum atomic E-state index is 12.0. The number of carboxylic acid groups (broad SMARTS) is 1. The summed E-state index contributed by atoms with van der Waals surface area (Å²) < 4.78 is 11.2. The van der Waals surface area contributed by atoms with Gasteiger partial charge in [-0.2, -0.15) is 0 Å². The Hall–Kier alpha value is -1.92. The van der Waals surface area contributed by atoms with Gasteiger partial charge < -0.3 is 19.9 Å². The van der Waals surface area contributed by atoms with Crippen molar-refractivity contribution in [3.8, 4) is 0 Å². The van der Waals surface area contributed by atoms with Crippen molar-refractivity contribution >= 4 is 17.4 Å².